The Morgan fingerprint density at radius 2 is 2.00 bits per heavy atom. The van der Waals surface area contributed by atoms with Crippen LogP contribution in [-0.2, 0) is 0 Å². The fourth-order valence-corrected chi connectivity index (χ4v) is 3.00. The summed E-state index contributed by atoms with van der Waals surface area (Å²) in [4.78, 5) is 0. The van der Waals surface area contributed by atoms with Crippen molar-refractivity contribution in [3.8, 4) is 0 Å². The molecule has 0 radical (unpaired) electrons. The Labute approximate surface area is 82.5 Å². The van der Waals surface area contributed by atoms with Gasteiger partial charge in [0.1, 0.15) is 0 Å². The summed E-state index contributed by atoms with van der Waals surface area (Å²) < 4.78 is 0. The average Bonchev–Trinajstić information content (AvgIpc) is 2.00. The fraction of sp³-hybridized carbons (Fsp3) is 1.00. The number of hydrogen-bond acceptors (Lipinski definition) is 1. The first-order valence-electron chi connectivity index (χ1n) is 5.65. The third kappa shape index (κ3) is 2.46. The Morgan fingerprint density at radius 3 is 2.46 bits per heavy atom. The second kappa shape index (κ2) is 4.00. The van der Waals surface area contributed by atoms with E-state index >= 15 is 0 Å². The Morgan fingerprint density at radius 1 is 1.38 bits per heavy atom. The van der Waals surface area contributed by atoms with Crippen molar-refractivity contribution >= 4 is 0 Å². The van der Waals surface area contributed by atoms with Gasteiger partial charge >= 0.3 is 0 Å². The zero-order valence-corrected chi connectivity index (χ0v) is 9.51. The van der Waals surface area contributed by atoms with E-state index in [1.165, 1.54) is 25.7 Å². The molecule has 0 amide bonds. The van der Waals surface area contributed by atoms with Crippen LogP contribution < -0.4 is 0 Å². The van der Waals surface area contributed by atoms with E-state index in [4.69, 9.17) is 0 Å². The van der Waals surface area contributed by atoms with Crippen molar-refractivity contribution in [2.24, 2.45) is 17.3 Å². The van der Waals surface area contributed by atoms with Gasteiger partial charge in [-0.15, -0.1) is 0 Å². The van der Waals surface area contributed by atoms with Crippen LogP contribution in [0.4, 0.5) is 0 Å². The van der Waals surface area contributed by atoms with Crippen molar-refractivity contribution in [2.75, 3.05) is 0 Å². The van der Waals surface area contributed by atoms with Gasteiger partial charge in [0, 0.05) is 0 Å². The quantitative estimate of drug-likeness (QED) is 0.698. The molecule has 1 heteroatoms. The predicted octanol–water partition coefficient (Wildman–Crippen LogP) is 3.22. The highest BCUT2D eigenvalue weighted by Crippen LogP contribution is 2.43. The van der Waals surface area contributed by atoms with E-state index in [1.54, 1.807) is 0 Å². The third-order valence-corrected chi connectivity index (χ3v) is 3.56. The van der Waals surface area contributed by atoms with Gasteiger partial charge in [0.15, 0.2) is 0 Å². The summed E-state index contributed by atoms with van der Waals surface area (Å²) in [7, 11) is 0. The molecule has 1 nitrogen and oxygen atoms in total. The van der Waals surface area contributed by atoms with Crippen LogP contribution >= 0.6 is 0 Å². The molecule has 1 saturated carbocycles. The molecular formula is C12H24O. The average molecular weight is 184 g/mol. The van der Waals surface area contributed by atoms with E-state index in [9.17, 15) is 5.11 Å². The number of rotatable bonds is 2. The Bertz CT molecular complexity index is 163. The lowest BCUT2D eigenvalue weighted by atomic mass is 9.65. The van der Waals surface area contributed by atoms with E-state index < -0.39 is 0 Å². The summed E-state index contributed by atoms with van der Waals surface area (Å²) in [6.45, 7) is 8.85. The van der Waals surface area contributed by atoms with Crippen LogP contribution in [0.2, 0.25) is 0 Å². The van der Waals surface area contributed by atoms with Crippen molar-refractivity contribution in [2.45, 2.75) is 59.5 Å². The highest BCUT2D eigenvalue weighted by atomic mass is 16.3. The molecule has 1 N–H and O–H groups in total. The molecule has 13 heavy (non-hydrogen) atoms. The molecule has 0 bridgehead atoms. The summed E-state index contributed by atoms with van der Waals surface area (Å²) in [6, 6.07) is 0. The van der Waals surface area contributed by atoms with E-state index in [2.05, 4.69) is 27.7 Å². The van der Waals surface area contributed by atoms with Gasteiger partial charge in [-0.25, -0.2) is 0 Å². The lowest BCUT2D eigenvalue weighted by molar-refractivity contribution is -0.0475. The maximum absolute atomic E-state index is 9.99. The van der Waals surface area contributed by atoms with Crippen molar-refractivity contribution in [1.29, 1.82) is 0 Å². The van der Waals surface area contributed by atoms with Crippen LogP contribution in [0.15, 0.2) is 0 Å². The zero-order valence-electron chi connectivity index (χ0n) is 9.51. The Hall–Kier alpha value is -0.0400. The normalized spacial score (nSPS) is 39.0. The summed E-state index contributed by atoms with van der Waals surface area (Å²) in [6.07, 6.45) is 4.94. The second-order valence-corrected chi connectivity index (χ2v) is 5.51. The maximum Gasteiger partial charge on any atom is 0.0616 e. The molecule has 3 unspecified atom stereocenters. The molecule has 1 aliphatic carbocycles. The van der Waals surface area contributed by atoms with E-state index in [1.807, 2.05) is 0 Å². The first kappa shape index (κ1) is 11.0. The SMILES string of the molecule is CCCC1CC(C)C(O)C(C)(C)C1. The van der Waals surface area contributed by atoms with Gasteiger partial charge in [0.2, 0.25) is 0 Å². The summed E-state index contributed by atoms with van der Waals surface area (Å²) >= 11 is 0. The van der Waals surface area contributed by atoms with Gasteiger partial charge in [0.25, 0.3) is 0 Å². The molecule has 0 aromatic rings. The van der Waals surface area contributed by atoms with E-state index in [0.29, 0.717) is 5.92 Å². The highest BCUT2D eigenvalue weighted by Gasteiger charge is 2.39. The topological polar surface area (TPSA) is 20.2 Å². The molecule has 0 aromatic heterocycles. The maximum atomic E-state index is 9.99. The van der Waals surface area contributed by atoms with Crippen LogP contribution in [0, 0.1) is 17.3 Å². The molecule has 0 aliphatic heterocycles. The number of hydrogen-bond donors (Lipinski definition) is 1. The minimum atomic E-state index is -0.0967. The van der Waals surface area contributed by atoms with Crippen LogP contribution in [0.3, 0.4) is 0 Å². The van der Waals surface area contributed by atoms with Crippen LogP contribution in [0.25, 0.3) is 0 Å². The standard InChI is InChI=1S/C12H24O/c1-5-6-10-7-9(2)11(13)12(3,4)8-10/h9-11,13H,5-8H2,1-4H3. The molecule has 0 aromatic carbocycles. The fourth-order valence-electron chi connectivity index (χ4n) is 3.00. The van der Waals surface area contributed by atoms with Crippen molar-refractivity contribution in [3.63, 3.8) is 0 Å². The minimum absolute atomic E-state index is 0.0967. The van der Waals surface area contributed by atoms with Crippen LogP contribution in [0.5, 0.6) is 0 Å². The van der Waals surface area contributed by atoms with E-state index in [0.717, 1.165) is 5.92 Å². The molecule has 1 fully saturated rings. The predicted molar refractivity (Wildman–Crippen MR) is 56.6 cm³/mol. The van der Waals surface area contributed by atoms with Crippen molar-refractivity contribution in [1.82, 2.24) is 0 Å². The largest absolute Gasteiger partial charge is 0.392 e. The second-order valence-electron chi connectivity index (χ2n) is 5.51. The van der Waals surface area contributed by atoms with Gasteiger partial charge in [-0.3, -0.25) is 0 Å². The van der Waals surface area contributed by atoms with Gasteiger partial charge in [-0.1, -0.05) is 40.5 Å². The minimum Gasteiger partial charge on any atom is -0.392 e. The van der Waals surface area contributed by atoms with Crippen LogP contribution in [0.1, 0.15) is 53.4 Å². The molecule has 0 spiro atoms. The van der Waals surface area contributed by atoms with Gasteiger partial charge in [-0.2, -0.15) is 0 Å². The highest BCUT2D eigenvalue weighted by molar-refractivity contribution is 4.89. The number of aliphatic hydroxyl groups is 1. The third-order valence-electron chi connectivity index (χ3n) is 3.56. The molecular weight excluding hydrogens is 160 g/mol. The molecule has 1 aliphatic rings. The molecule has 0 heterocycles. The number of aliphatic hydroxyl groups excluding tert-OH is 1. The van der Waals surface area contributed by atoms with Gasteiger partial charge < -0.3 is 5.11 Å². The molecule has 0 saturated heterocycles. The van der Waals surface area contributed by atoms with Gasteiger partial charge in [-0.05, 0) is 30.1 Å². The Balaban J connectivity index is 2.59. The molecule has 78 valence electrons. The summed E-state index contributed by atoms with van der Waals surface area (Å²) in [5.41, 5.74) is 0.136. The lowest BCUT2D eigenvalue weighted by Crippen LogP contribution is -2.41. The summed E-state index contributed by atoms with van der Waals surface area (Å²) in [5.74, 6) is 1.33. The zero-order chi connectivity index (χ0) is 10.1. The van der Waals surface area contributed by atoms with Crippen molar-refractivity contribution < 1.29 is 5.11 Å². The first-order valence-corrected chi connectivity index (χ1v) is 5.65. The molecule has 3 atom stereocenters. The van der Waals surface area contributed by atoms with E-state index in [-0.39, 0.29) is 11.5 Å². The Kier molecular flexibility index (Phi) is 3.39. The summed E-state index contributed by atoms with van der Waals surface area (Å²) in [5, 5.41) is 9.99. The lowest BCUT2D eigenvalue weighted by Gasteiger charge is -2.43. The van der Waals surface area contributed by atoms with Crippen molar-refractivity contribution in [3.05, 3.63) is 0 Å². The van der Waals surface area contributed by atoms with Gasteiger partial charge in [0.05, 0.1) is 6.10 Å². The smallest absolute Gasteiger partial charge is 0.0616 e. The monoisotopic (exact) mass is 184 g/mol. The molecule has 1 rings (SSSR count). The first-order chi connectivity index (χ1) is 5.97. The van der Waals surface area contributed by atoms with Crippen LogP contribution in [-0.4, -0.2) is 11.2 Å².